The van der Waals surface area contributed by atoms with Crippen LogP contribution in [-0.4, -0.2) is 14.6 Å². The third kappa shape index (κ3) is 6.69. The number of rotatable bonds is 9. The summed E-state index contributed by atoms with van der Waals surface area (Å²) in [5.74, 6) is 0.633. The molecule has 2 heteroatoms. The van der Waals surface area contributed by atoms with E-state index in [0.717, 1.165) is 0 Å². The summed E-state index contributed by atoms with van der Waals surface area (Å²) < 4.78 is 6.24. The standard InChI is InChI=1S/C14H32OSi/c1-7-8-9-10-11-12-14(4,13(2)3)15-16(5)6/h13,16H,7-12H2,1-6H3. The van der Waals surface area contributed by atoms with Gasteiger partial charge in [-0.15, -0.1) is 0 Å². The van der Waals surface area contributed by atoms with Crippen LogP contribution in [0.1, 0.15) is 66.2 Å². The predicted molar refractivity (Wildman–Crippen MR) is 76.6 cm³/mol. The van der Waals surface area contributed by atoms with Crippen molar-refractivity contribution >= 4 is 9.04 Å². The van der Waals surface area contributed by atoms with Crippen LogP contribution < -0.4 is 0 Å². The molecular formula is C14H32OSi. The molecule has 0 aliphatic rings. The van der Waals surface area contributed by atoms with E-state index < -0.39 is 9.04 Å². The molecule has 1 nitrogen and oxygen atoms in total. The summed E-state index contributed by atoms with van der Waals surface area (Å²) in [6.45, 7) is 13.7. The van der Waals surface area contributed by atoms with Crippen LogP contribution in [0.4, 0.5) is 0 Å². The average Bonchev–Trinajstić information content (AvgIpc) is 2.16. The average molecular weight is 244 g/mol. The monoisotopic (exact) mass is 244 g/mol. The molecule has 0 fully saturated rings. The molecule has 16 heavy (non-hydrogen) atoms. The molecule has 0 aliphatic carbocycles. The van der Waals surface area contributed by atoms with Gasteiger partial charge in [-0.3, -0.25) is 0 Å². The minimum Gasteiger partial charge on any atom is -0.415 e. The number of hydrogen-bond acceptors (Lipinski definition) is 1. The lowest BCUT2D eigenvalue weighted by atomic mass is 9.87. The van der Waals surface area contributed by atoms with Crippen LogP contribution in [0.25, 0.3) is 0 Å². The highest BCUT2D eigenvalue weighted by atomic mass is 28.3. The third-order valence-electron chi connectivity index (χ3n) is 3.50. The zero-order valence-electron chi connectivity index (χ0n) is 12.3. The highest BCUT2D eigenvalue weighted by Crippen LogP contribution is 2.28. The van der Waals surface area contributed by atoms with E-state index in [-0.39, 0.29) is 5.60 Å². The minimum atomic E-state index is -0.916. The van der Waals surface area contributed by atoms with Gasteiger partial charge in [-0.1, -0.05) is 52.9 Å². The van der Waals surface area contributed by atoms with Crippen molar-refractivity contribution in [1.29, 1.82) is 0 Å². The molecule has 1 unspecified atom stereocenters. The third-order valence-corrected chi connectivity index (χ3v) is 4.51. The number of unbranched alkanes of at least 4 members (excludes halogenated alkanes) is 4. The predicted octanol–water partition coefficient (Wildman–Crippen LogP) is 4.76. The van der Waals surface area contributed by atoms with Gasteiger partial charge in [0.1, 0.15) is 0 Å². The summed E-state index contributed by atoms with van der Waals surface area (Å²) in [6, 6.07) is 0. The van der Waals surface area contributed by atoms with Crippen molar-refractivity contribution in [3.63, 3.8) is 0 Å². The molecule has 0 bridgehead atoms. The molecule has 0 aromatic carbocycles. The molecule has 0 rings (SSSR count). The van der Waals surface area contributed by atoms with E-state index in [1.165, 1.54) is 38.5 Å². The molecule has 0 aromatic rings. The lowest BCUT2D eigenvalue weighted by Crippen LogP contribution is -2.38. The van der Waals surface area contributed by atoms with E-state index in [0.29, 0.717) is 5.92 Å². The minimum absolute atomic E-state index is 0.132. The van der Waals surface area contributed by atoms with Gasteiger partial charge in [-0.25, -0.2) is 0 Å². The van der Waals surface area contributed by atoms with Gasteiger partial charge >= 0.3 is 0 Å². The second-order valence-electron chi connectivity index (χ2n) is 5.80. The first-order chi connectivity index (χ1) is 7.42. The first-order valence-corrected chi connectivity index (χ1v) is 9.88. The van der Waals surface area contributed by atoms with Crippen LogP contribution in [-0.2, 0) is 4.43 Å². The van der Waals surface area contributed by atoms with E-state index in [1.54, 1.807) is 0 Å². The Bertz CT molecular complexity index is 168. The largest absolute Gasteiger partial charge is 0.415 e. The van der Waals surface area contributed by atoms with Crippen molar-refractivity contribution in [1.82, 2.24) is 0 Å². The molecule has 0 aromatic heterocycles. The summed E-state index contributed by atoms with van der Waals surface area (Å²) in [6.07, 6.45) is 8.05. The van der Waals surface area contributed by atoms with Crippen LogP contribution >= 0.6 is 0 Å². The Labute approximate surface area is 105 Å². The van der Waals surface area contributed by atoms with Crippen molar-refractivity contribution in [2.45, 2.75) is 84.9 Å². The summed E-state index contributed by atoms with van der Waals surface area (Å²) in [5.41, 5.74) is 0.132. The zero-order chi connectivity index (χ0) is 12.6. The van der Waals surface area contributed by atoms with Crippen molar-refractivity contribution in [3.05, 3.63) is 0 Å². The van der Waals surface area contributed by atoms with E-state index in [9.17, 15) is 0 Å². The fourth-order valence-electron chi connectivity index (χ4n) is 2.10. The fraction of sp³-hybridized carbons (Fsp3) is 1.00. The Balaban J connectivity index is 3.93. The van der Waals surface area contributed by atoms with Crippen LogP contribution in [0.2, 0.25) is 13.1 Å². The van der Waals surface area contributed by atoms with Crippen LogP contribution in [0.5, 0.6) is 0 Å². The molecule has 1 atom stereocenters. The summed E-state index contributed by atoms with van der Waals surface area (Å²) in [5, 5.41) is 0. The molecule has 0 heterocycles. The molecule has 0 saturated carbocycles. The van der Waals surface area contributed by atoms with Crippen molar-refractivity contribution in [3.8, 4) is 0 Å². The first kappa shape index (κ1) is 16.2. The molecule has 0 amide bonds. The fourth-order valence-corrected chi connectivity index (χ4v) is 3.57. The quantitative estimate of drug-likeness (QED) is 0.420. The summed E-state index contributed by atoms with van der Waals surface area (Å²) in [4.78, 5) is 0. The molecular weight excluding hydrogens is 212 g/mol. The van der Waals surface area contributed by atoms with Crippen LogP contribution in [0.3, 0.4) is 0 Å². The Morgan fingerprint density at radius 2 is 1.62 bits per heavy atom. The van der Waals surface area contributed by atoms with Crippen LogP contribution in [0.15, 0.2) is 0 Å². The molecule has 0 radical (unpaired) electrons. The lowest BCUT2D eigenvalue weighted by molar-refractivity contribution is 0.0282. The van der Waals surface area contributed by atoms with Gasteiger partial charge in [0.05, 0.1) is 5.60 Å². The SMILES string of the molecule is CCCCCCCC(C)(O[SiH](C)C)C(C)C. The van der Waals surface area contributed by atoms with E-state index in [1.807, 2.05) is 0 Å². The second kappa shape index (κ2) is 8.29. The maximum absolute atomic E-state index is 6.24. The summed E-state index contributed by atoms with van der Waals surface area (Å²) in [7, 11) is -0.916. The van der Waals surface area contributed by atoms with Crippen LogP contribution in [0, 0.1) is 5.92 Å². The lowest BCUT2D eigenvalue weighted by Gasteiger charge is -2.36. The molecule has 0 saturated heterocycles. The van der Waals surface area contributed by atoms with Crippen molar-refractivity contribution < 1.29 is 4.43 Å². The van der Waals surface area contributed by atoms with Crippen molar-refractivity contribution in [2.24, 2.45) is 5.92 Å². The molecule has 98 valence electrons. The first-order valence-electron chi connectivity index (χ1n) is 7.10. The van der Waals surface area contributed by atoms with Gasteiger partial charge in [0.25, 0.3) is 0 Å². The maximum Gasteiger partial charge on any atom is 0.171 e. The second-order valence-corrected chi connectivity index (χ2v) is 8.13. The van der Waals surface area contributed by atoms with Gasteiger partial charge < -0.3 is 4.43 Å². The van der Waals surface area contributed by atoms with Gasteiger partial charge in [-0.2, -0.15) is 0 Å². The smallest absolute Gasteiger partial charge is 0.171 e. The zero-order valence-corrected chi connectivity index (χ0v) is 13.5. The van der Waals surface area contributed by atoms with Gasteiger partial charge in [0, 0.05) is 0 Å². The normalized spacial score (nSPS) is 15.8. The van der Waals surface area contributed by atoms with Crippen molar-refractivity contribution in [2.75, 3.05) is 0 Å². The van der Waals surface area contributed by atoms with E-state index in [4.69, 9.17) is 4.43 Å². The maximum atomic E-state index is 6.24. The van der Waals surface area contributed by atoms with Gasteiger partial charge in [-0.05, 0) is 32.4 Å². The topological polar surface area (TPSA) is 9.23 Å². The summed E-state index contributed by atoms with van der Waals surface area (Å²) >= 11 is 0. The van der Waals surface area contributed by atoms with E-state index in [2.05, 4.69) is 40.8 Å². The Hall–Kier alpha value is 0.177. The van der Waals surface area contributed by atoms with Gasteiger partial charge in [0.15, 0.2) is 9.04 Å². The molecule has 0 N–H and O–H groups in total. The molecule has 0 aliphatic heterocycles. The van der Waals surface area contributed by atoms with Gasteiger partial charge in [0.2, 0.25) is 0 Å². The molecule has 0 spiro atoms. The Morgan fingerprint density at radius 1 is 1.06 bits per heavy atom. The Kier molecular flexibility index (Phi) is 8.39. The highest BCUT2D eigenvalue weighted by molar-refractivity contribution is 6.48. The highest BCUT2D eigenvalue weighted by Gasteiger charge is 2.29. The Morgan fingerprint density at radius 3 is 2.06 bits per heavy atom. The number of hydrogen-bond donors (Lipinski definition) is 0. The van der Waals surface area contributed by atoms with E-state index >= 15 is 0 Å².